The number of fused-ring (bicyclic) bond motifs is 1. The Kier molecular flexibility index (Phi) is 5.36. The minimum absolute atomic E-state index is 0.129. The summed E-state index contributed by atoms with van der Waals surface area (Å²) in [5.74, 6) is -1.99. The Bertz CT molecular complexity index is 855. The number of aromatic nitrogens is 2. The molecule has 2 heterocycles. The summed E-state index contributed by atoms with van der Waals surface area (Å²) in [5.41, 5.74) is 1.28. The number of rotatable bonds is 5. The maximum absolute atomic E-state index is 12.3. The number of thiophene rings is 1. The van der Waals surface area contributed by atoms with Crippen LogP contribution in [-0.2, 0) is 28.9 Å². The molecule has 0 aromatic carbocycles. The molecule has 0 atom stereocenters. The molecule has 2 aromatic rings. The highest BCUT2D eigenvalue weighted by molar-refractivity contribution is 7.17. The van der Waals surface area contributed by atoms with Gasteiger partial charge in [0.1, 0.15) is 11.5 Å². The highest BCUT2D eigenvalue weighted by Crippen LogP contribution is 2.37. The molecule has 1 aliphatic carbocycles. The average molecular weight is 377 g/mol. The van der Waals surface area contributed by atoms with Crippen LogP contribution < -0.4 is 5.32 Å². The van der Waals surface area contributed by atoms with Crippen molar-refractivity contribution in [3.63, 3.8) is 0 Å². The van der Waals surface area contributed by atoms with Crippen LogP contribution in [0.5, 0.6) is 0 Å². The molecule has 1 amide bonds. The summed E-state index contributed by atoms with van der Waals surface area (Å²) in [5, 5.41) is 15.9. The molecule has 26 heavy (non-hydrogen) atoms. The van der Waals surface area contributed by atoms with Gasteiger partial charge in [-0.2, -0.15) is 5.10 Å². The standard InChI is InChI=1S/C17H19N3O5S/c1-25-17(24)14-10-5-3-2-4-6-12(10)26-15(14)18-13(21)9-20-8-7-11(19-20)16(22)23/h7-8H,2-6,9H2,1H3,(H,18,21)(H,22,23). The van der Waals surface area contributed by atoms with E-state index in [-0.39, 0.29) is 18.1 Å². The SMILES string of the molecule is COC(=O)c1c(NC(=O)Cn2ccc(C(=O)O)n2)sc2c1CCCCC2. The molecule has 9 heteroatoms. The third kappa shape index (κ3) is 3.77. The maximum Gasteiger partial charge on any atom is 0.356 e. The number of hydrogen-bond donors (Lipinski definition) is 2. The van der Waals surface area contributed by atoms with Crippen molar-refractivity contribution in [3.05, 3.63) is 34.0 Å². The molecule has 0 radical (unpaired) electrons. The first-order chi connectivity index (χ1) is 12.5. The van der Waals surface area contributed by atoms with Crippen LogP contribution in [0.2, 0.25) is 0 Å². The quantitative estimate of drug-likeness (QED) is 0.611. The molecule has 0 bridgehead atoms. The number of carbonyl (C=O) groups excluding carboxylic acids is 2. The van der Waals surface area contributed by atoms with Gasteiger partial charge in [0, 0.05) is 11.1 Å². The van der Waals surface area contributed by atoms with E-state index in [4.69, 9.17) is 9.84 Å². The van der Waals surface area contributed by atoms with E-state index in [1.165, 1.54) is 35.4 Å². The van der Waals surface area contributed by atoms with Gasteiger partial charge in [0.2, 0.25) is 5.91 Å². The van der Waals surface area contributed by atoms with Crippen LogP contribution in [0.25, 0.3) is 0 Å². The number of methoxy groups -OCH3 is 1. The Labute approximate surface area is 153 Å². The normalized spacial score (nSPS) is 13.6. The monoisotopic (exact) mass is 377 g/mol. The molecule has 8 nitrogen and oxygen atoms in total. The number of aromatic carboxylic acids is 1. The van der Waals surface area contributed by atoms with Crippen molar-refractivity contribution in [1.82, 2.24) is 9.78 Å². The van der Waals surface area contributed by atoms with Gasteiger partial charge < -0.3 is 15.2 Å². The minimum atomic E-state index is -1.15. The van der Waals surface area contributed by atoms with E-state index in [2.05, 4.69) is 10.4 Å². The molecule has 0 unspecified atom stereocenters. The third-order valence-corrected chi connectivity index (χ3v) is 5.44. The zero-order valence-corrected chi connectivity index (χ0v) is 15.1. The van der Waals surface area contributed by atoms with Crippen LogP contribution >= 0.6 is 11.3 Å². The second kappa shape index (κ2) is 7.69. The third-order valence-electron chi connectivity index (χ3n) is 4.23. The highest BCUT2D eigenvalue weighted by atomic mass is 32.1. The summed E-state index contributed by atoms with van der Waals surface area (Å²) in [6, 6.07) is 1.32. The number of esters is 1. The lowest BCUT2D eigenvalue weighted by Gasteiger charge is -2.07. The predicted molar refractivity (Wildman–Crippen MR) is 94.7 cm³/mol. The van der Waals surface area contributed by atoms with Crippen LogP contribution in [0.4, 0.5) is 5.00 Å². The molecule has 2 N–H and O–H groups in total. The van der Waals surface area contributed by atoms with Gasteiger partial charge in [-0.15, -0.1) is 11.3 Å². The number of anilines is 1. The number of nitrogens with one attached hydrogen (secondary N) is 1. The number of carbonyl (C=O) groups is 3. The van der Waals surface area contributed by atoms with Crippen molar-refractivity contribution in [2.45, 2.75) is 38.6 Å². The lowest BCUT2D eigenvalue weighted by atomic mass is 10.1. The number of aryl methyl sites for hydroxylation is 1. The van der Waals surface area contributed by atoms with E-state index < -0.39 is 11.9 Å². The Balaban J connectivity index is 1.80. The van der Waals surface area contributed by atoms with Gasteiger partial charge in [-0.1, -0.05) is 6.42 Å². The first-order valence-electron chi connectivity index (χ1n) is 8.29. The lowest BCUT2D eigenvalue weighted by molar-refractivity contribution is -0.116. The van der Waals surface area contributed by atoms with Crippen LogP contribution in [-0.4, -0.2) is 39.8 Å². The second-order valence-corrected chi connectivity index (χ2v) is 7.12. The minimum Gasteiger partial charge on any atom is -0.476 e. The molecule has 138 valence electrons. The highest BCUT2D eigenvalue weighted by Gasteiger charge is 2.26. The van der Waals surface area contributed by atoms with Crippen LogP contribution in [0, 0.1) is 0 Å². The maximum atomic E-state index is 12.3. The van der Waals surface area contributed by atoms with Crippen molar-refractivity contribution in [2.75, 3.05) is 12.4 Å². The lowest BCUT2D eigenvalue weighted by Crippen LogP contribution is -2.20. The molecule has 0 aliphatic heterocycles. The summed E-state index contributed by atoms with van der Waals surface area (Å²) in [6.45, 7) is -0.142. The fourth-order valence-electron chi connectivity index (χ4n) is 3.03. The summed E-state index contributed by atoms with van der Waals surface area (Å²) in [7, 11) is 1.33. The summed E-state index contributed by atoms with van der Waals surface area (Å²) in [4.78, 5) is 36.6. The molecule has 0 saturated heterocycles. The summed E-state index contributed by atoms with van der Waals surface area (Å²) in [6.07, 6.45) is 6.30. The smallest absolute Gasteiger partial charge is 0.356 e. The number of amides is 1. The van der Waals surface area contributed by atoms with Crippen molar-refractivity contribution < 1.29 is 24.2 Å². The average Bonchev–Trinajstić information content (AvgIpc) is 3.12. The van der Waals surface area contributed by atoms with Crippen molar-refractivity contribution in [2.24, 2.45) is 0 Å². The molecule has 0 saturated carbocycles. The number of carboxylic acid groups (broad SMARTS) is 1. The fourth-order valence-corrected chi connectivity index (χ4v) is 4.32. The Morgan fingerprint density at radius 3 is 2.77 bits per heavy atom. The molecule has 2 aromatic heterocycles. The van der Waals surface area contributed by atoms with Crippen LogP contribution in [0.3, 0.4) is 0 Å². The van der Waals surface area contributed by atoms with E-state index in [1.807, 2.05) is 0 Å². The molecule has 1 aliphatic rings. The van der Waals surface area contributed by atoms with Crippen molar-refractivity contribution in [1.29, 1.82) is 0 Å². The van der Waals surface area contributed by atoms with E-state index in [9.17, 15) is 14.4 Å². The number of carboxylic acids is 1. The number of nitrogens with zero attached hydrogens (tertiary/aromatic N) is 2. The predicted octanol–water partition coefficient (Wildman–Crippen LogP) is 2.34. The summed E-state index contributed by atoms with van der Waals surface area (Å²) < 4.78 is 6.15. The first-order valence-corrected chi connectivity index (χ1v) is 9.10. The van der Waals surface area contributed by atoms with Gasteiger partial charge >= 0.3 is 11.9 Å². The van der Waals surface area contributed by atoms with Crippen LogP contribution in [0.15, 0.2) is 12.3 Å². The van der Waals surface area contributed by atoms with E-state index in [1.54, 1.807) is 0 Å². The second-order valence-electron chi connectivity index (χ2n) is 6.01. The Hall–Kier alpha value is -2.68. The molecule has 0 spiro atoms. The van der Waals surface area contributed by atoms with Gasteiger partial charge in [0.15, 0.2) is 5.69 Å². The Morgan fingerprint density at radius 1 is 1.31 bits per heavy atom. The molecular weight excluding hydrogens is 358 g/mol. The molecule has 3 rings (SSSR count). The van der Waals surface area contributed by atoms with E-state index in [0.717, 1.165) is 42.5 Å². The molecular formula is C17H19N3O5S. The Morgan fingerprint density at radius 2 is 2.08 bits per heavy atom. The topological polar surface area (TPSA) is 111 Å². The number of ether oxygens (including phenoxy) is 1. The largest absolute Gasteiger partial charge is 0.476 e. The van der Waals surface area contributed by atoms with Gasteiger partial charge in [-0.05, 0) is 37.3 Å². The first kappa shape index (κ1) is 18.1. The number of hydrogen-bond acceptors (Lipinski definition) is 6. The van der Waals surface area contributed by atoms with Gasteiger partial charge in [0.25, 0.3) is 0 Å². The van der Waals surface area contributed by atoms with E-state index in [0.29, 0.717) is 10.6 Å². The van der Waals surface area contributed by atoms with Crippen LogP contribution in [0.1, 0.15) is 50.5 Å². The van der Waals surface area contributed by atoms with E-state index >= 15 is 0 Å². The summed E-state index contributed by atoms with van der Waals surface area (Å²) >= 11 is 1.41. The van der Waals surface area contributed by atoms with Crippen molar-refractivity contribution in [3.8, 4) is 0 Å². The zero-order valence-electron chi connectivity index (χ0n) is 14.3. The van der Waals surface area contributed by atoms with Gasteiger partial charge in [-0.3, -0.25) is 9.48 Å². The van der Waals surface area contributed by atoms with Crippen molar-refractivity contribution >= 4 is 34.2 Å². The molecule has 0 fully saturated rings. The van der Waals surface area contributed by atoms with Gasteiger partial charge in [-0.25, -0.2) is 9.59 Å². The fraction of sp³-hybridized carbons (Fsp3) is 0.412. The zero-order chi connectivity index (χ0) is 18.7. The van der Waals surface area contributed by atoms with Gasteiger partial charge in [0.05, 0.1) is 12.7 Å².